The SMILES string of the molecule is COCOc1cccc2c1C(=O)C(=O)C(c1c(OCOC)cc(C)cc1C1OCCCO1)=C2[O-].[Na+]. The van der Waals surface area contributed by atoms with Crippen LogP contribution in [0.3, 0.4) is 0 Å². The van der Waals surface area contributed by atoms with Crippen LogP contribution < -0.4 is 44.1 Å². The summed E-state index contributed by atoms with van der Waals surface area (Å²) in [5.74, 6) is -2.12. The molecule has 1 heterocycles. The van der Waals surface area contributed by atoms with Crippen molar-refractivity contribution in [1.29, 1.82) is 0 Å². The summed E-state index contributed by atoms with van der Waals surface area (Å²) in [6.45, 7) is 2.47. The third kappa shape index (κ3) is 5.46. The molecule has 9 nitrogen and oxygen atoms in total. The molecule has 0 aromatic heterocycles. The number of rotatable bonds is 8. The summed E-state index contributed by atoms with van der Waals surface area (Å²) in [7, 11) is 2.88. The van der Waals surface area contributed by atoms with Crippen LogP contribution in [0.15, 0.2) is 30.3 Å². The number of hydrogen-bond acceptors (Lipinski definition) is 9. The Labute approximate surface area is 225 Å². The molecule has 0 saturated carbocycles. The number of benzene rings is 2. The van der Waals surface area contributed by atoms with E-state index >= 15 is 0 Å². The Hall–Kier alpha value is -2.24. The minimum absolute atomic E-state index is 0. The Bertz CT molecular complexity index is 1140. The predicted molar refractivity (Wildman–Crippen MR) is 118 cm³/mol. The maximum absolute atomic E-state index is 13.7. The van der Waals surface area contributed by atoms with E-state index in [4.69, 9.17) is 28.4 Å². The Morgan fingerprint density at radius 3 is 2.26 bits per heavy atom. The molecule has 2 aliphatic rings. The first-order valence-electron chi connectivity index (χ1n) is 10.7. The minimum Gasteiger partial charge on any atom is -0.872 e. The molecule has 0 bridgehead atoms. The molecule has 180 valence electrons. The van der Waals surface area contributed by atoms with E-state index in [0.29, 0.717) is 18.8 Å². The largest absolute Gasteiger partial charge is 1.00 e. The van der Waals surface area contributed by atoms with Crippen molar-refractivity contribution in [3.8, 4) is 11.5 Å². The first-order valence-corrected chi connectivity index (χ1v) is 10.7. The number of ether oxygens (including phenoxy) is 6. The molecule has 0 amide bonds. The summed E-state index contributed by atoms with van der Waals surface area (Å²) in [6, 6.07) is 8.01. The van der Waals surface area contributed by atoms with Crippen LogP contribution in [0.5, 0.6) is 11.5 Å². The quantitative estimate of drug-likeness (QED) is 0.271. The van der Waals surface area contributed by atoms with Gasteiger partial charge >= 0.3 is 29.6 Å². The van der Waals surface area contributed by atoms with Gasteiger partial charge in [0.1, 0.15) is 11.5 Å². The van der Waals surface area contributed by atoms with Gasteiger partial charge < -0.3 is 33.5 Å². The molecule has 2 aromatic rings. The standard InChI is InChI=1S/C25H26O9.Na/c1-14-10-16(25-31-8-5-9-32-25)19(18(11-14)34-13-30-3)21-22(26)15-6-4-7-17(33-12-29-2)20(15)23(27)24(21)28;/h4,6-7,10-11,25-26H,5,8-9,12-13H2,1-3H3;/q;+1/p-1. The van der Waals surface area contributed by atoms with Gasteiger partial charge in [-0.25, -0.2) is 0 Å². The fraction of sp³-hybridized carbons (Fsp3) is 0.360. The number of aryl methyl sites for hydroxylation is 1. The summed E-state index contributed by atoms with van der Waals surface area (Å²) in [6.07, 6.45) is -0.107. The van der Waals surface area contributed by atoms with Crippen LogP contribution in [0, 0.1) is 6.92 Å². The van der Waals surface area contributed by atoms with Crippen molar-refractivity contribution in [2.75, 3.05) is 41.0 Å². The maximum Gasteiger partial charge on any atom is 1.00 e. The molecule has 0 radical (unpaired) electrons. The molecule has 1 fully saturated rings. The molecule has 0 unspecified atom stereocenters. The fourth-order valence-electron chi connectivity index (χ4n) is 4.03. The Kier molecular flexibility index (Phi) is 9.48. The second-order valence-electron chi connectivity index (χ2n) is 7.80. The van der Waals surface area contributed by atoms with Gasteiger partial charge in [0.2, 0.25) is 11.6 Å². The molecule has 4 rings (SSSR count). The van der Waals surface area contributed by atoms with E-state index in [1.165, 1.54) is 26.4 Å². The zero-order valence-corrected chi connectivity index (χ0v) is 22.2. The van der Waals surface area contributed by atoms with Gasteiger partial charge in [0, 0.05) is 30.9 Å². The first kappa shape index (κ1) is 27.3. The maximum atomic E-state index is 13.7. The number of carbonyl (C=O) groups is 2. The normalized spacial score (nSPS) is 16.1. The molecule has 35 heavy (non-hydrogen) atoms. The van der Waals surface area contributed by atoms with Gasteiger partial charge in [0.05, 0.1) is 18.8 Å². The predicted octanol–water partition coefficient (Wildman–Crippen LogP) is -0.606. The second-order valence-corrected chi connectivity index (χ2v) is 7.80. The summed E-state index contributed by atoms with van der Waals surface area (Å²) in [5.41, 5.74) is 1.05. The number of fused-ring (bicyclic) bond motifs is 1. The van der Waals surface area contributed by atoms with Crippen molar-refractivity contribution >= 4 is 22.9 Å². The Morgan fingerprint density at radius 2 is 1.60 bits per heavy atom. The third-order valence-corrected chi connectivity index (χ3v) is 5.43. The van der Waals surface area contributed by atoms with E-state index in [0.717, 1.165) is 12.0 Å². The van der Waals surface area contributed by atoms with Crippen LogP contribution in [-0.2, 0) is 23.7 Å². The second kappa shape index (κ2) is 12.1. The van der Waals surface area contributed by atoms with E-state index in [-0.39, 0.29) is 76.9 Å². The minimum atomic E-state index is -0.964. The van der Waals surface area contributed by atoms with Crippen LogP contribution in [0.1, 0.15) is 45.3 Å². The Balaban J connectivity index is 0.00000342. The average Bonchev–Trinajstić information content (AvgIpc) is 2.85. The molecule has 1 saturated heterocycles. The number of carbonyl (C=O) groups excluding carboxylic acids is 2. The number of methoxy groups -OCH3 is 2. The van der Waals surface area contributed by atoms with Crippen molar-refractivity contribution in [3.63, 3.8) is 0 Å². The van der Waals surface area contributed by atoms with Crippen molar-refractivity contribution < 1.29 is 72.7 Å². The van der Waals surface area contributed by atoms with Gasteiger partial charge in [-0.1, -0.05) is 24.0 Å². The van der Waals surface area contributed by atoms with Crippen LogP contribution in [0.4, 0.5) is 0 Å². The number of ketones is 2. The van der Waals surface area contributed by atoms with E-state index in [2.05, 4.69) is 0 Å². The topological polar surface area (TPSA) is 113 Å². The van der Waals surface area contributed by atoms with E-state index in [1.54, 1.807) is 18.2 Å². The van der Waals surface area contributed by atoms with Gasteiger partial charge in [-0.15, -0.1) is 0 Å². The van der Waals surface area contributed by atoms with E-state index in [1.807, 2.05) is 6.92 Å². The van der Waals surface area contributed by atoms with Crippen LogP contribution in [0.25, 0.3) is 11.3 Å². The number of allylic oxidation sites excluding steroid dienone is 1. The molecule has 0 N–H and O–H groups in total. The molecular weight excluding hydrogens is 467 g/mol. The van der Waals surface area contributed by atoms with Gasteiger partial charge in [-0.3, -0.25) is 9.59 Å². The van der Waals surface area contributed by atoms with E-state index in [9.17, 15) is 14.7 Å². The van der Waals surface area contributed by atoms with Crippen molar-refractivity contribution in [2.45, 2.75) is 19.6 Å². The summed E-state index contributed by atoms with van der Waals surface area (Å²) in [4.78, 5) is 26.6. The van der Waals surface area contributed by atoms with Crippen molar-refractivity contribution in [1.82, 2.24) is 0 Å². The summed E-state index contributed by atoms with van der Waals surface area (Å²) >= 11 is 0. The van der Waals surface area contributed by atoms with Gasteiger partial charge in [-0.2, -0.15) is 0 Å². The third-order valence-electron chi connectivity index (χ3n) is 5.43. The number of hydrogen-bond donors (Lipinski definition) is 0. The van der Waals surface area contributed by atoms with Gasteiger partial charge in [-0.05, 0) is 36.6 Å². The molecule has 1 aliphatic carbocycles. The fourth-order valence-corrected chi connectivity index (χ4v) is 4.03. The van der Waals surface area contributed by atoms with Crippen molar-refractivity contribution in [2.24, 2.45) is 0 Å². The molecule has 2 aromatic carbocycles. The zero-order valence-electron chi connectivity index (χ0n) is 20.2. The Morgan fingerprint density at radius 1 is 0.943 bits per heavy atom. The first-order chi connectivity index (χ1) is 16.5. The van der Waals surface area contributed by atoms with Crippen LogP contribution in [0.2, 0.25) is 0 Å². The average molecular weight is 492 g/mol. The van der Waals surface area contributed by atoms with Gasteiger partial charge in [0.15, 0.2) is 19.9 Å². The molecule has 0 atom stereocenters. The molecular formula is C25H25NaO9. The van der Waals surface area contributed by atoms with Crippen LogP contribution in [-0.4, -0.2) is 52.6 Å². The van der Waals surface area contributed by atoms with Gasteiger partial charge in [0.25, 0.3) is 0 Å². The van der Waals surface area contributed by atoms with E-state index < -0.39 is 23.6 Å². The summed E-state index contributed by atoms with van der Waals surface area (Å²) < 4.78 is 32.7. The molecule has 0 spiro atoms. The van der Waals surface area contributed by atoms with Crippen molar-refractivity contribution in [3.05, 3.63) is 58.1 Å². The number of Topliss-reactive ketones (excluding diaryl/α,β-unsaturated/α-hetero) is 2. The smallest absolute Gasteiger partial charge is 0.872 e. The monoisotopic (exact) mass is 492 g/mol. The summed E-state index contributed by atoms with van der Waals surface area (Å²) in [5, 5.41) is 13.7. The molecule has 1 aliphatic heterocycles. The van der Waals surface area contributed by atoms with Crippen LogP contribution >= 0.6 is 0 Å². The zero-order chi connectivity index (χ0) is 24.2. The molecule has 10 heteroatoms.